The van der Waals surface area contributed by atoms with Crippen LogP contribution < -0.4 is 5.76 Å². The van der Waals surface area contributed by atoms with E-state index in [-0.39, 0.29) is 17.6 Å². The third-order valence-corrected chi connectivity index (χ3v) is 5.45. The number of fused-ring (bicyclic) bond motifs is 1. The van der Waals surface area contributed by atoms with Gasteiger partial charge in [0.25, 0.3) is 5.91 Å². The molecule has 6 nitrogen and oxygen atoms in total. The van der Waals surface area contributed by atoms with Crippen LogP contribution in [0, 0.1) is 5.92 Å². The second-order valence-corrected chi connectivity index (χ2v) is 7.08. The van der Waals surface area contributed by atoms with Crippen molar-refractivity contribution in [2.24, 2.45) is 5.92 Å². The minimum Gasteiger partial charge on any atom is -0.408 e. The summed E-state index contributed by atoms with van der Waals surface area (Å²) < 4.78 is 5.02. The summed E-state index contributed by atoms with van der Waals surface area (Å²) in [4.78, 5) is 41.4. The lowest BCUT2D eigenvalue weighted by molar-refractivity contribution is 0.0654. The molecule has 2 aromatic heterocycles. The number of nitrogens with one attached hydrogen (secondary N) is 1. The topological polar surface area (TPSA) is 83.4 Å². The van der Waals surface area contributed by atoms with Gasteiger partial charge in [-0.3, -0.25) is 14.6 Å². The smallest absolute Gasteiger partial charge is 0.408 e. The number of nitrogens with zero attached hydrogens (tertiary/aromatic N) is 1. The highest BCUT2D eigenvalue weighted by atomic mass is 32.1. The van der Waals surface area contributed by atoms with Crippen molar-refractivity contribution < 1.29 is 14.0 Å². The largest absolute Gasteiger partial charge is 0.417 e. The standard InChI is InChI=1S/C18H16N2O4S/c21-16(12-3-4-13-14(10-12)24-18(23)19-13)11-5-7-20(8-6-11)17(22)15-2-1-9-25-15/h1-4,9-11H,5-8H2,(H,19,23). The number of amides is 1. The Labute approximate surface area is 147 Å². The van der Waals surface area contributed by atoms with Gasteiger partial charge in [0.15, 0.2) is 11.4 Å². The lowest BCUT2D eigenvalue weighted by Crippen LogP contribution is -2.40. The molecular formula is C18H16N2O4S. The number of carbonyl (C=O) groups excluding carboxylic acids is 2. The zero-order valence-electron chi connectivity index (χ0n) is 13.4. The average molecular weight is 356 g/mol. The van der Waals surface area contributed by atoms with Crippen LogP contribution in [0.1, 0.15) is 32.9 Å². The summed E-state index contributed by atoms with van der Waals surface area (Å²) in [5.74, 6) is -0.569. The second-order valence-electron chi connectivity index (χ2n) is 6.13. The molecule has 0 saturated carbocycles. The predicted octanol–water partition coefficient (Wildman–Crippen LogP) is 2.92. The second kappa shape index (κ2) is 6.33. The first-order chi connectivity index (χ1) is 12.1. The lowest BCUT2D eigenvalue weighted by atomic mass is 9.88. The Kier molecular flexibility index (Phi) is 4.01. The number of aromatic nitrogens is 1. The van der Waals surface area contributed by atoms with Crippen molar-refractivity contribution in [2.45, 2.75) is 12.8 Å². The van der Waals surface area contributed by atoms with Gasteiger partial charge in [-0.25, -0.2) is 4.79 Å². The molecule has 25 heavy (non-hydrogen) atoms. The number of H-pyrrole nitrogens is 1. The molecule has 3 heterocycles. The van der Waals surface area contributed by atoms with E-state index in [1.807, 2.05) is 22.4 Å². The molecule has 0 unspecified atom stereocenters. The highest BCUT2D eigenvalue weighted by Crippen LogP contribution is 2.25. The third kappa shape index (κ3) is 3.02. The molecular weight excluding hydrogens is 340 g/mol. The molecule has 1 N–H and O–H groups in total. The quantitative estimate of drug-likeness (QED) is 0.732. The molecule has 0 bridgehead atoms. The summed E-state index contributed by atoms with van der Waals surface area (Å²) in [6, 6.07) is 8.69. The zero-order valence-corrected chi connectivity index (χ0v) is 14.2. The summed E-state index contributed by atoms with van der Waals surface area (Å²) in [5, 5.41) is 1.89. The van der Waals surface area contributed by atoms with E-state index in [4.69, 9.17) is 4.42 Å². The molecule has 7 heteroatoms. The molecule has 4 rings (SSSR count). The number of thiophene rings is 1. The number of piperidine rings is 1. The van der Waals surface area contributed by atoms with Crippen molar-refractivity contribution >= 4 is 34.1 Å². The molecule has 0 atom stereocenters. The fraction of sp³-hybridized carbons (Fsp3) is 0.278. The molecule has 3 aromatic rings. The summed E-state index contributed by atoms with van der Waals surface area (Å²) in [6.45, 7) is 1.16. The van der Waals surface area contributed by atoms with Crippen LogP contribution in [0.2, 0.25) is 0 Å². The Morgan fingerprint density at radius 2 is 2.00 bits per heavy atom. The summed E-state index contributed by atoms with van der Waals surface area (Å²) in [6.07, 6.45) is 1.29. The fourth-order valence-corrected chi connectivity index (χ4v) is 3.93. The van der Waals surface area contributed by atoms with E-state index in [0.29, 0.717) is 42.6 Å². The van der Waals surface area contributed by atoms with E-state index in [1.165, 1.54) is 11.3 Å². The van der Waals surface area contributed by atoms with Gasteiger partial charge in [-0.15, -0.1) is 11.3 Å². The van der Waals surface area contributed by atoms with E-state index in [0.717, 1.165) is 4.88 Å². The van der Waals surface area contributed by atoms with Crippen molar-refractivity contribution in [1.82, 2.24) is 9.88 Å². The molecule has 1 aliphatic heterocycles. The molecule has 0 spiro atoms. The molecule has 1 aromatic carbocycles. The number of aromatic amines is 1. The van der Waals surface area contributed by atoms with E-state index in [9.17, 15) is 14.4 Å². The van der Waals surface area contributed by atoms with Gasteiger partial charge in [0.1, 0.15) is 0 Å². The summed E-state index contributed by atoms with van der Waals surface area (Å²) in [7, 11) is 0. The van der Waals surface area contributed by atoms with Crippen molar-refractivity contribution in [3.63, 3.8) is 0 Å². The van der Waals surface area contributed by atoms with Crippen molar-refractivity contribution in [3.8, 4) is 0 Å². The monoisotopic (exact) mass is 356 g/mol. The van der Waals surface area contributed by atoms with Crippen LogP contribution in [-0.2, 0) is 0 Å². The van der Waals surface area contributed by atoms with Gasteiger partial charge < -0.3 is 9.32 Å². The number of hydrogen-bond acceptors (Lipinski definition) is 5. The van der Waals surface area contributed by atoms with Crippen LogP contribution in [-0.4, -0.2) is 34.7 Å². The third-order valence-electron chi connectivity index (χ3n) is 4.59. The van der Waals surface area contributed by atoms with Gasteiger partial charge in [-0.05, 0) is 42.5 Å². The first-order valence-corrected chi connectivity index (χ1v) is 8.99. The van der Waals surface area contributed by atoms with Crippen molar-refractivity contribution in [3.05, 3.63) is 56.7 Å². The number of hydrogen-bond donors (Lipinski definition) is 1. The number of benzene rings is 1. The molecule has 1 aliphatic rings. The Balaban J connectivity index is 1.45. The van der Waals surface area contributed by atoms with Gasteiger partial charge >= 0.3 is 5.76 Å². The van der Waals surface area contributed by atoms with E-state index in [2.05, 4.69) is 4.98 Å². The van der Waals surface area contributed by atoms with Gasteiger partial charge in [-0.2, -0.15) is 0 Å². The van der Waals surface area contributed by atoms with E-state index in [1.54, 1.807) is 18.2 Å². The number of rotatable bonds is 3. The molecule has 128 valence electrons. The maximum absolute atomic E-state index is 12.7. The van der Waals surface area contributed by atoms with Crippen LogP contribution in [0.25, 0.3) is 11.1 Å². The first kappa shape index (κ1) is 15.8. The number of carbonyl (C=O) groups is 2. The highest BCUT2D eigenvalue weighted by molar-refractivity contribution is 7.12. The zero-order chi connectivity index (χ0) is 17.4. The number of Topliss-reactive ketones (excluding diaryl/α,β-unsaturated/α-hetero) is 1. The van der Waals surface area contributed by atoms with Crippen molar-refractivity contribution in [2.75, 3.05) is 13.1 Å². The maximum Gasteiger partial charge on any atom is 0.417 e. The average Bonchev–Trinajstić information content (AvgIpc) is 3.28. The SMILES string of the molecule is O=C(c1ccc2[nH]c(=O)oc2c1)C1CCN(C(=O)c2cccs2)CC1. The Bertz CT molecular complexity index is 978. The van der Waals surface area contributed by atoms with Gasteiger partial charge in [-0.1, -0.05) is 6.07 Å². The van der Waals surface area contributed by atoms with Gasteiger partial charge in [0.05, 0.1) is 10.4 Å². The fourth-order valence-electron chi connectivity index (χ4n) is 3.24. The molecule has 0 radical (unpaired) electrons. The number of likely N-dealkylation sites (tertiary alicyclic amines) is 1. The van der Waals surface area contributed by atoms with Crippen LogP contribution in [0.5, 0.6) is 0 Å². The Morgan fingerprint density at radius 3 is 2.72 bits per heavy atom. The molecule has 1 amide bonds. The Morgan fingerprint density at radius 1 is 1.20 bits per heavy atom. The maximum atomic E-state index is 12.7. The van der Waals surface area contributed by atoms with Crippen LogP contribution >= 0.6 is 11.3 Å². The summed E-state index contributed by atoms with van der Waals surface area (Å²) in [5.41, 5.74) is 1.51. The van der Waals surface area contributed by atoms with E-state index < -0.39 is 5.76 Å². The molecule has 0 aliphatic carbocycles. The van der Waals surface area contributed by atoms with Crippen LogP contribution in [0.4, 0.5) is 0 Å². The van der Waals surface area contributed by atoms with Gasteiger partial charge in [0, 0.05) is 24.6 Å². The minimum atomic E-state index is -0.528. The predicted molar refractivity (Wildman–Crippen MR) is 94.1 cm³/mol. The van der Waals surface area contributed by atoms with Crippen LogP contribution in [0.15, 0.2) is 44.9 Å². The Hall–Kier alpha value is -2.67. The van der Waals surface area contributed by atoms with Crippen molar-refractivity contribution in [1.29, 1.82) is 0 Å². The van der Waals surface area contributed by atoms with Crippen LogP contribution in [0.3, 0.4) is 0 Å². The number of ketones is 1. The summed E-state index contributed by atoms with van der Waals surface area (Å²) >= 11 is 1.43. The minimum absolute atomic E-state index is 0.0361. The lowest BCUT2D eigenvalue weighted by Gasteiger charge is -2.31. The molecule has 1 fully saturated rings. The molecule has 1 saturated heterocycles. The van der Waals surface area contributed by atoms with E-state index >= 15 is 0 Å². The first-order valence-electron chi connectivity index (χ1n) is 8.12. The highest BCUT2D eigenvalue weighted by Gasteiger charge is 2.29. The normalized spacial score (nSPS) is 15.6. The number of oxazole rings is 1. The van der Waals surface area contributed by atoms with Gasteiger partial charge in [0.2, 0.25) is 0 Å².